The van der Waals surface area contributed by atoms with Gasteiger partial charge in [0.1, 0.15) is 18.1 Å². The van der Waals surface area contributed by atoms with Crippen molar-refractivity contribution in [3.8, 4) is 5.75 Å². The molecule has 0 atom stereocenters. The van der Waals surface area contributed by atoms with Crippen LogP contribution in [0.25, 0.3) is 10.9 Å². The van der Waals surface area contributed by atoms with Gasteiger partial charge in [0.2, 0.25) is 5.95 Å². The number of fused-ring (bicyclic) bond motifs is 1. The number of pyridine rings is 1. The number of aromatic nitrogens is 3. The van der Waals surface area contributed by atoms with E-state index in [0.717, 1.165) is 16.5 Å². The third-order valence-electron chi connectivity index (χ3n) is 4.21. The van der Waals surface area contributed by atoms with E-state index in [-0.39, 0.29) is 12.3 Å². The van der Waals surface area contributed by atoms with Crippen LogP contribution in [0.4, 0.5) is 11.6 Å². The number of nitrogens with zero attached hydrogens (tertiary/aromatic N) is 3. The van der Waals surface area contributed by atoms with Gasteiger partial charge in [-0.25, -0.2) is 9.97 Å². The summed E-state index contributed by atoms with van der Waals surface area (Å²) < 4.78 is 5.81. The summed E-state index contributed by atoms with van der Waals surface area (Å²) in [6, 6.07) is 14.0. The number of ether oxygens (including phenoxy) is 1. The molecule has 4 aromatic rings. The third kappa shape index (κ3) is 4.59. The van der Waals surface area contributed by atoms with Crippen molar-refractivity contribution in [2.45, 2.75) is 6.61 Å². The molecule has 2 aromatic heterocycles. The number of anilines is 2. The Labute approximate surface area is 181 Å². The largest absolute Gasteiger partial charge is 0.489 e. The second kappa shape index (κ2) is 8.52. The minimum Gasteiger partial charge on any atom is -0.489 e. The summed E-state index contributed by atoms with van der Waals surface area (Å²) in [6.45, 7) is 0.268. The number of amides is 1. The van der Waals surface area contributed by atoms with Gasteiger partial charge in [0.15, 0.2) is 0 Å². The number of carbonyl (C=O) groups is 1. The Morgan fingerprint density at radius 2 is 1.93 bits per heavy atom. The van der Waals surface area contributed by atoms with Crippen LogP contribution >= 0.6 is 23.2 Å². The molecule has 0 saturated heterocycles. The molecule has 0 unspecified atom stereocenters. The molecule has 0 aliphatic carbocycles. The van der Waals surface area contributed by atoms with E-state index in [1.54, 1.807) is 36.5 Å². The van der Waals surface area contributed by atoms with E-state index in [1.807, 2.05) is 18.2 Å². The quantitative estimate of drug-likeness (QED) is 0.449. The molecular weight excluding hydrogens is 425 g/mol. The van der Waals surface area contributed by atoms with Crippen LogP contribution in [0.15, 0.2) is 60.9 Å². The maximum absolute atomic E-state index is 11.2. The fourth-order valence-electron chi connectivity index (χ4n) is 2.74. The van der Waals surface area contributed by atoms with Crippen molar-refractivity contribution in [3.63, 3.8) is 0 Å². The Kier molecular flexibility index (Phi) is 5.65. The summed E-state index contributed by atoms with van der Waals surface area (Å²) >= 11 is 12.1. The Hall–Kier alpha value is -3.42. The highest BCUT2D eigenvalue weighted by Gasteiger charge is 2.07. The van der Waals surface area contributed by atoms with E-state index in [4.69, 9.17) is 33.7 Å². The third-order valence-corrected chi connectivity index (χ3v) is 4.76. The second-order valence-electron chi connectivity index (χ2n) is 6.37. The standard InChI is InChI=1S/C21H15Cl2N5O2/c22-14-1-3-18(16(23)9-14)28-21-26-10-13-8-15(2-4-17(13)27-21)30-11-12-5-6-25-19(7-12)20(24)29/h1-10H,11H2,(H2,24,29)(H,26,27,28). The van der Waals surface area contributed by atoms with Crippen molar-refractivity contribution < 1.29 is 9.53 Å². The maximum Gasteiger partial charge on any atom is 0.267 e. The van der Waals surface area contributed by atoms with Crippen molar-refractivity contribution in [2.75, 3.05) is 5.32 Å². The Bertz CT molecular complexity index is 1250. The van der Waals surface area contributed by atoms with Gasteiger partial charge in [-0.1, -0.05) is 23.2 Å². The normalized spacial score (nSPS) is 10.7. The minimum absolute atomic E-state index is 0.198. The first-order chi connectivity index (χ1) is 14.5. The van der Waals surface area contributed by atoms with Crippen molar-refractivity contribution >= 4 is 51.6 Å². The number of hydrogen-bond donors (Lipinski definition) is 2. The first-order valence-corrected chi connectivity index (χ1v) is 9.60. The lowest BCUT2D eigenvalue weighted by Crippen LogP contribution is -2.13. The number of primary amides is 1. The van der Waals surface area contributed by atoms with Crippen LogP contribution in [0.3, 0.4) is 0 Å². The molecule has 0 aliphatic heterocycles. The van der Waals surface area contributed by atoms with Gasteiger partial charge in [0, 0.05) is 22.8 Å². The molecule has 0 saturated carbocycles. The van der Waals surface area contributed by atoms with Crippen molar-refractivity contribution in [2.24, 2.45) is 5.73 Å². The van der Waals surface area contributed by atoms with Gasteiger partial charge in [-0.3, -0.25) is 9.78 Å². The number of benzene rings is 2. The molecule has 0 radical (unpaired) electrons. The van der Waals surface area contributed by atoms with E-state index in [2.05, 4.69) is 20.3 Å². The lowest BCUT2D eigenvalue weighted by Gasteiger charge is -2.10. The van der Waals surface area contributed by atoms with Crippen LogP contribution in [-0.2, 0) is 6.61 Å². The summed E-state index contributed by atoms with van der Waals surface area (Å²) in [6.07, 6.45) is 3.22. The Morgan fingerprint density at radius 3 is 2.73 bits per heavy atom. The number of nitrogens with one attached hydrogen (secondary N) is 1. The van der Waals surface area contributed by atoms with E-state index >= 15 is 0 Å². The molecule has 0 spiro atoms. The molecule has 4 rings (SSSR count). The number of carbonyl (C=O) groups excluding carboxylic acids is 1. The molecular formula is C21H15Cl2N5O2. The SMILES string of the molecule is NC(=O)c1cc(COc2ccc3nc(Nc4ccc(Cl)cc4Cl)ncc3c2)ccn1. The van der Waals surface area contributed by atoms with Crippen LogP contribution in [-0.4, -0.2) is 20.9 Å². The lowest BCUT2D eigenvalue weighted by atomic mass is 10.2. The van der Waals surface area contributed by atoms with Gasteiger partial charge in [-0.05, 0) is 54.1 Å². The molecule has 0 aliphatic rings. The summed E-state index contributed by atoms with van der Waals surface area (Å²) in [7, 11) is 0. The number of hydrogen-bond acceptors (Lipinski definition) is 6. The van der Waals surface area contributed by atoms with Gasteiger partial charge in [0.05, 0.1) is 16.2 Å². The predicted octanol–water partition coefficient (Wildman–Crippen LogP) is 4.75. The van der Waals surface area contributed by atoms with Crippen LogP contribution in [0.1, 0.15) is 16.1 Å². The van der Waals surface area contributed by atoms with E-state index in [0.29, 0.717) is 27.4 Å². The lowest BCUT2D eigenvalue weighted by molar-refractivity contribution is 0.0995. The molecule has 30 heavy (non-hydrogen) atoms. The average molecular weight is 440 g/mol. The molecule has 2 aromatic carbocycles. The Balaban J connectivity index is 1.49. The number of nitrogens with two attached hydrogens (primary N) is 1. The topological polar surface area (TPSA) is 103 Å². The van der Waals surface area contributed by atoms with Crippen LogP contribution < -0.4 is 15.8 Å². The van der Waals surface area contributed by atoms with E-state index in [1.165, 1.54) is 6.20 Å². The maximum atomic E-state index is 11.2. The fraction of sp³-hybridized carbons (Fsp3) is 0.0476. The molecule has 0 bridgehead atoms. The number of rotatable bonds is 6. The first kappa shape index (κ1) is 19.9. The zero-order valence-corrected chi connectivity index (χ0v) is 17.0. The number of halogens is 2. The van der Waals surface area contributed by atoms with Gasteiger partial charge in [-0.15, -0.1) is 0 Å². The minimum atomic E-state index is -0.580. The fourth-order valence-corrected chi connectivity index (χ4v) is 3.19. The average Bonchev–Trinajstić information content (AvgIpc) is 2.74. The Morgan fingerprint density at radius 1 is 1.07 bits per heavy atom. The smallest absolute Gasteiger partial charge is 0.267 e. The van der Waals surface area contributed by atoms with Crippen LogP contribution in [0.2, 0.25) is 10.0 Å². The molecule has 2 heterocycles. The predicted molar refractivity (Wildman–Crippen MR) is 116 cm³/mol. The van der Waals surface area contributed by atoms with Gasteiger partial charge < -0.3 is 15.8 Å². The van der Waals surface area contributed by atoms with Crippen molar-refractivity contribution in [3.05, 3.63) is 82.2 Å². The van der Waals surface area contributed by atoms with E-state index in [9.17, 15) is 4.79 Å². The monoisotopic (exact) mass is 439 g/mol. The van der Waals surface area contributed by atoms with Gasteiger partial charge in [0.25, 0.3) is 5.91 Å². The highest BCUT2D eigenvalue weighted by molar-refractivity contribution is 6.36. The summed E-state index contributed by atoms with van der Waals surface area (Å²) in [5.41, 5.74) is 7.64. The zero-order chi connectivity index (χ0) is 21.1. The molecule has 9 heteroatoms. The molecule has 0 fully saturated rings. The zero-order valence-electron chi connectivity index (χ0n) is 15.5. The van der Waals surface area contributed by atoms with Crippen molar-refractivity contribution in [1.82, 2.24) is 15.0 Å². The summed E-state index contributed by atoms with van der Waals surface area (Å²) in [5, 5.41) is 4.92. The van der Waals surface area contributed by atoms with Crippen LogP contribution in [0.5, 0.6) is 5.75 Å². The van der Waals surface area contributed by atoms with Crippen LogP contribution in [0, 0.1) is 0 Å². The molecule has 150 valence electrons. The van der Waals surface area contributed by atoms with Gasteiger partial charge >= 0.3 is 0 Å². The van der Waals surface area contributed by atoms with E-state index < -0.39 is 5.91 Å². The molecule has 1 amide bonds. The highest BCUT2D eigenvalue weighted by atomic mass is 35.5. The second-order valence-corrected chi connectivity index (χ2v) is 7.21. The first-order valence-electron chi connectivity index (χ1n) is 8.84. The molecule has 7 nitrogen and oxygen atoms in total. The summed E-state index contributed by atoms with van der Waals surface area (Å²) in [5.74, 6) is 0.477. The highest BCUT2D eigenvalue weighted by Crippen LogP contribution is 2.28. The summed E-state index contributed by atoms with van der Waals surface area (Å²) in [4.78, 5) is 24.0. The molecule has 3 N–H and O–H groups in total. The van der Waals surface area contributed by atoms with Crippen molar-refractivity contribution in [1.29, 1.82) is 0 Å². The van der Waals surface area contributed by atoms with Gasteiger partial charge in [-0.2, -0.15) is 0 Å².